The molecular formula is C11H14ClO5PS. The van der Waals surface area contributed by atoms with Crippen LogP contribution in [0.25, 0.3) is 0 Å². The van der Waals surface area contributed by atoms with E-state index in [0.29, 0.717) is 13.2 Å². The second kappa shape index (κ2) is 7.22. The van der Waals surface area contributed by atoms with E-state index < -0.39 is 12.7 Å². The Labute approximate surface area is 121 Å². The molecule has 0 amide bonds. The van der Waals surface area contributed by atoms with Gasteiger partial charge in [0.15, 0.2) is 0 Å². The minimum Gasteiger partial charge on any atom is -0.478 e. The molecule has 8 heteroatoms. The van der Waals surface area contributed by atoms with Crippen LogP contribution in [0.4, 0.5) is 0 Å². The summed E-state index contributed by atoms with van der Waals surface area (Å²) in [4.78, 5) is 10.8. The third-order valence-electron chi connectivity index (χ3n) is 1.96. The van der Waals surface area contributed by atoms with Crippen LogP contribution in [0.1, 0.15) is 24.2 Å². The molecule has 0 bridgehead atoms. The third kappa shape index (κ3) is 4.75. The molecule has 19 heavy (non-hydrogen) atoms. The van der Waals surface area contributed by atoms with E-state index in [1.54, 1.807) is 13.8 Å². The van der Waals surface area contributed by atoms with Gasteiger partial charge in [-0.1, -0.05) is 11.6 Å². The lowest BCUT2D eigenvalue weighted by molar-refractivity contribution is 0.0697. The maximum Gasteiger partial charge on any atom is 0.380 e. The van der Waals surface area contributed by atoms with Gasteiger partial charge >= 0.3 is 12.7 Å². The molecular weight excluding hydrogens is 311 g/mol. The molecule has 5 nitrogen and oxygen atoms in total. The van der Waals surface area contributed by atoms with Crippen LogP contribution in [0.3, 0.4) is 0 Å². The Morgan fingerprint density at radius 2 is 1.95 bits per heavy atom. The first-order valence-electron chi connectivity index (χ1n) is 5.53. The summed E-state index contributed by atoms with van der Waals surface area (Å²) in [5, 5.41) is 8.99. The van der Waals surface area contributed by atoms with Crippen LogP contribution in [0, 0.1) is 0 Å². The minimum atomic E-state index is -2.91. The number of rotatable bonds is 7. The molecule has 0 radical (unpaired) electrons. The second-order valence-electron chi connectivity index (χ2n) is 3.32. The van der Waals surface area contributed by atoms with Crippen LogP contribution in [0.15, 0.2) is 18.2 Å². The van der Waals surface area contributed by atoms with E-state index in [0.717, 1.165) is 0 Å². The molecule has 1 rings (SSSR count). The van der Waals surface area contributed by atoms with E-state index in [1.165, 1.54) is 18.2 Å². The van der Waals surface area contributed by atoms with Crippen molar-refractivity contribution in [1.82, 2.24) is 0 Å². The van der Waals surface area contributed by atoms with Gasteiger partial charge in [-0.05, 0) is 32.0 Å². The summed E-state index contributed by atoms with van der Waals surface area (Å²) in [5.74, 6) is -0.820. The standard InChI is InChI=1S/C11H14ClO5PS/c1-3-15-18(19,16-4-2)17-10-6-5-8(11(13)14)7-9(10)12/h5-7H,3-4H2,1-2H3,(H,13,14). The highest BCUT2D eigenvalue weighted by atomic mass is 35.5. The topological polar surface area (TPSA) is 65.0 Å². The monoisotopic (exact) mass is 324 g/mol. The number of carboxylic acids is 1. The van der Waals surface area contributed by atoms with Crippen molar-refractivity contribution in [2.45, 2.75) is 13.8 Å². The molecule has 1 aromatic rings. The first-order valence-corrected chi connectivity index (χ1v) is 8.46. The Morgan fingerprint density at radius 1 is 1.37 bits per heavy atom. The summed E-state index contributed by atoms with van der Waals surface area (Å²) in [6.45, 7) is 1.35. The van der Waals surface area contributed by atoms with Crippen molar-refractivity contribution in [3.8, 4) is 5.75 Å². The van der Waals surface area contributed by atoms with Crippen LogP contribution in [0.5, 0.6) is 5.75 Å². The van der Waals surface area contributed by atoms with Crippen molar-refractivity contribution in [1.29, 1.82) is 0 Å². The number of carboxylic acid groups (broad SMARTS) is 1. The van der Waals surface area contributed by atoms with E-state index in [4.69, 9.17) is 42.1 Å². The molecule has 0 saturated carbocycles. The summed E-state index contributed by atoms with van der Waals surface area (Å²) < 4.78 is 16.1. The van der Waals surface area contributed by atoms with Gasteiger partial charge in [-0.3, -0.25) is 9.05 Å². The van der Waals surface area contributed by atoms with Crippen molar-refractivity contribution in [3.63, 3.8) is 0 Å². The predicted molar refractivity (Wildman–Crippen MR) is 76.6 cm³/mol. The number of hydrogen-bond acceptors (Lipinski definition) is 5. The smallest absolute Gasteiger partial charge is 0.380 e. The molecule has 0 fully saturated rings. The van der Waals surface area contributed by atoms with Gasteiger partial charge in [-0.25, -0.2) is 4.79 Å². The first-order chi connectivity index (χ1) is 8.91. The molecule has 0 aliphatic rings. The van der Waals surface area contributed by atoms with Crippen molar-refractivity contribution in [2.24, 2.45) is 0 Å². The Kier molecular flexibility index (Phi) is 6.23. The maximum absolute atomic E-state index is 10.8. The lowest BCUT2D eigenvalue weighted by Crippen LogP contribution is -2.03. The Morgan fingerprint density at radius 3 is 2.37 bits per heavy atom. The Bertz CT molecular complexity index is 498. The second-order valence-corrected chi connectivity index (χ2v) is 6.67. The number of halogens is 1. The zero-order valence-corrected chi connectivity index (χ0v) is 12.9. The molecule has 0 aliphatic carbocycles. The molecule has 0 aromatic heterocycles. The fourth-order valence-corrected chi connectivity index (χ4v) is 3.59. The molecule has 0 saturated heterocycles. The average molecular weight is 325 g/mol. The van der Waals surface area contributed by atoms with Gasteiger partial charge in [-0.2, -0.15) is 0 Å². The normalized spacial score (nSPS) is 11.3. The lowest BCUT2D eigenvalue weighted by Gasteiger charge is -2.21. The zero-order chi connectivity index (χ0) is 14.5. The molecule has 0 heterocycles. The van der Waals surface area contributed by atoms with Gasteiger partial charge in [-0.15, -0.1) is 0 Å². The fraction of sp³-hybridized carbons (Fsp3) is 0.364. The number of carbonyl (C=O) groups is 1. The minimum absolute atomic E-state index is 0.0680. The zero-order valence-electron chi connectivity index (χ0n) is 10.5. The maximum atomic E-state index is 10.8. The number of aromatic carboxylic acids is 1. The van der Waals surface area contributed by atoms with Crippen molar-refractivity contribution in [3.05, 3.63) is 28.8 Å². The SMILES string of the molecule is CCOP(=S)(OCC)Oc1ccc(C(=O)O)cc1Cl. The molecule has 1 aromatic carbocycles. The van der Waals surface area contributed by atoms with Gasteiger partial charge in [0.05, 0.1) is 23.8 Å². The third-order valence-corrected chi connectivity index (χ3v) is 4.68. The van der Waals surface area contributed by atoms with Crippen molar-refractivity contribution >= 4 is 36.1 Å². The van der Waals surface area contributed by atoms with Gasteiger partial charge in [0.25, 0.3) is 0 Å². The average Bonchev–Trinajstić information content (AvgIpc) is 2.32. The largest absolute Gasteiger partial charge is 0.478 e. The fourth-order valence-electron chi connectivity index (χ4n) is 1.23. The lowest BCUT2D eigenvalue weighted by atomic mass is 10.2. The Balaban J connectivity index is 2.97. The van der Waals surface area contributed by atoms with E-state index in [-0.39, 0.29) is 16.3 Å². The van der Waals surface area contributed by atoms with Crippen molar-refractivity contribution in [2.75, 3.05) is 13.2 Å². The summed E-state index contributed by atoms with van der Waals surface area (Å²) in [7, 11) is 0. The molecule has 1 N–H and O–H groups in total. The summed E-state index contributed by atoms with van der Waals surface area (Å²) >= 11 is 11.1. The van der Waals surface area contributed by atoms with E-state index in [2.05, 4.69) is 0 Å². The van der Waals surface area contributed by atoms with Gasteiger partial charge in [0, 0.05) is 11.8 Å². The quantitative estimate of drug-likeness (QED) is 0.771. The van der Waals surface area contributed by atoms with Crippen LogP contribution in [0.2, 0.25) is 5.02 Å². The van der Waals surface area contributed by atoms with E-state index in [9.17, 15) is 4.79 Å². The molecule has 0 unspecified atom stereocenters. The number of hydrogen-bond donors (Lipinski definition) is 1. The molecule has 0 spiro atoms. The van der Waals surface area contributed by atoms with Crippen LogP contribution in [-0.2, 0) is 20.9 Å². The van der Waals surface area contributed by atoms with Crippen LogP contribution < -0.4 is 4.52 Å². The molecule has 0 aliphatic heterocycles. The van der Waals surface area contributed by atoms with E-state index in [1.807, 2.05) is 0 Å². The summed E-state index contributed by atoms with van der Waals surface area (Å²) in [6, 6.07) is 4.10. The predicted octanol–water partition coefficient (Wildman–Crippen LogP) is 3.71. The van der Waals surface area contributed by atoms with E-state index >= 15 is 0 Å². The Hall–Kier alpha value is -0.650. The molecule has 106 valence electrons. The summed E-state index contributed by atoms with van der Waals surface area (Å²) in [6.07, 6.45) is 0. The van der Waals surface area contributed by atoms with Crippen LogP contribution >= 0.6 is 18.3 Å². The number of benzene rings is 1. The highest BCUT2D eigenvalue weighted by Crippen LogP contribution is 2.51. The highest BCUT2D eigenvalue weighted by molar-refractivity contribution is 8.07. The molecule has 0 atom stereocenters. The van der Waals surface area contributed by atoms with Gasteiger partial charge in [0.1, 0.15) is 5.75 Å². The first kappa shape index (κ1) is 16.4. The summed E-state index contributed by atoms with van der Waals surface area (Å²) in [5.41, 5.74) is 0.0680. The van der Waals surface area contributed by atoms with Crippen molar-refractivity contribution < 1.29 is 23.5 Å². The van der Waals surface area contributed by atoms with Crippen LogP contribution in [-0.4, -0.2) is 24.3 Å². The highest BCUT2D eigenvalue weighted by Gasteiger charge is 2.22. The van der Waals surface area contributed by atoms with Gasteiger partial charge in [0.2, 0.25) is 0 Å². The van der Waals surface area contributed by atoms with Gasteiger partial charge < -0.3 is 9.63 Å².